The molecule has 8 nitrogen and oxygen atoms in total. The first-order chi connectivity index (χ1) is 9.58. The van der Waals surface area contributed by atoms with Crippen LogP contribution in [0.4, 0.5) is 5.95 Å². The van der Waals surface area contributed by atoms with Gasteiger partial charge in [0.15, 0.2) is 11.2 Å². The number of phenolic OH excluding ortho intramolecular Hbond substituents is 1. The predicted octanol–water partition coefficient (Wildman–Crippen LogP) is 0.610. The lowest BCUT2D eigenvalue weighted by Crippen LogP contribution is -2.10. The molecule has 8 heteroatoms. The van der Waals surface area contributed by atoms with Crippen molar-refractivity contribution in [3.8, 4) is 22.9 Å². The number of ether oxygens (including phenoxy) is 1. The fourth-order valence-electron chi connectivity index (χ4n) is 1.89. The summed E-state index contributed by atoms with van der Waals surface area (Å²) in [6.07, 6.45) is 0. The van der Waals surface area contributed by atoms with Crippen LogP contribution in [0.15, 0.2) is 23.0 Å². The molecule has 3 aromatic rings. The van der Waals surface area contributed by atoms with E-state index in [4.69, 9.17) is 10.5 Å². The highest BCUT2D eigenvalue weighted by Gasteiger charge is 2.13. The number of aromatic amines is 2. The molecule has 0 bridgehead atoms. The quantitative estimate of drug-likeness (QED) is 0.541. The Morgan fingerprint density at radius 3 is 2.80 bits per heavy atom. The minimum atomic E-state index is -0.417. The van der Waals surface area contributed by atoms with Crippen LogP contribution in [0, 0.1) is 0 Å². The Hall–Kier alpha value is -3.03. The number of anilines is 1. The number of methoxy groups -OCH3 is 1. The lowest BCUT2D eigenvalue weighted by Gasteiger charge is -2.03. The molecule has 0 saturated carbocycles. The topological polar surface area (TPSA) is 130 Å². The monoisotopic (exact) mass is 273 g/mol. The molecule has 2 heterocycles. The van der Waals surface area contributed by atoms with E-state index in [0.29, 0.717) is 17.1 Å². The van der Waals surface area contributed by atoms with Crippen LogP contribution < -0.4 is 16.0 Å². The van der Waals surface area contributed by atoms with E-state index in [0.717, 1.165) is 0 Å². The maximum Gasteiger partial charge on any atom is 0.278 e. The summed E-state index contributed by atoms with van der Waals surface area (Å²) < 4.78 is 5.01. The van der Waals surface area contributed by atoms with Crippen molar-refractivity contribution in [1.82, 2.24) is 19.9 Å². The first kappa shape index (κ1) is 12.0. The van der Waals surface area contributed by atoms with Crippen molar-refractivity contribution in [2.24, 2.45) is 0 Å². The Labute approximate surface area is 112 Å². The number of fused-ring (bicyclic) bond motifs is 1. The fraction of sp³-hybridized carbons (Fsp3) is 0.0833. The Balaban J connectivity index is 2.20. The summed E-state index contributed by atoms with van der Waals surface area (Å²) in [6.45, 7) is 0. The van der Waals surface area contributed by atoms with E-state index in [-0.39, 0.29) is 22.9 Å². The van der Waals surface area contributed by atoms with Crippen molar-refractivity contribution in [2.75, 3.05) is 12.8 Å². The van der Waals surface area contributed by atoms with Crippen molar-refractivity contribution in [2.45, 2.75) is 0 Å². The van der Waals surface area contributed by atoms with E-state index in [1.807, 2.05) is 0 Å². The van der Waals surface area contributed by atoms with Gasteiger partial charge in [0.05, 0.1) is 12.7 Å². The Morgan fingerprint density at radius 1 is 1.30 bits per heavy atom. The van der Waals surface area contributed by atoms with Gasteiger partial charge < -0.3 is 20.6 Å². The van der Waals surface area contributed by atoms with Crippen molar-refractivity contribution in [3.05, 3.63) is 28.6 Å². The molecule has 102 valence electrons. The van der Waals surface area contributed by atoms with Gasteiger partial charge in [-0.1, -0.05) is 0 Å². The number of imidazole rings is 1. The standard InChI is InChI=1S/C12H11N5O3/c1-20-5-2-3-6(7(18)4-5)9-14-8-10(15-9)16-12(13)17-11(8)19/h2-4,18H,1H3,(H4,13,14,15,16,17,19). The van der Waals surface area contributed by atoms with Gasteiger partial charge in [0.1, 0.15) is 17.3 Å². The second kappa shape index (κ2) is 4.26. The molecular weight excluding hydrogens is 262 g/mol. The largest absolute Gasteiger partial charge is 0.507 e. The number of hydrogen-bond donors (Lipinski definition) is 4. The number of aromatic nitrogens is 4. The maximum atomic E-state index is 11.7. The third-order valence-corrected chi connectivity index (χ3v) is 2.84. The highest BCUT2D eigenvalue weighted by atomic mass is 16.5. The number of H-pyrrole nitrogens is 2. The summed E-state index contributed by atoms with van der Waals surface area (Å²) in [6, 6.07) is 4.76. The zero-order valence-corrected chi connectivity index (χ0v) is 10.5. The number of hydrogen-bond acceptors (Lipinski definition) is 6. The van der Waals surface area contributed by atoms with E-state index in [1.165, 1.54) is 13.2 Å². The van der Waals surface area contributed by atoms with E-state index >= 15 is 0 Å². The van der Waals surface area contributed by atoms with Crippen LogP contribution in [0.25, 0.3) is 22.6 Å². The second-order valence-electron chi connectivity index (χ2n) is 4.12. The SMILES string of the molecule is COc1ccc(-c2nc3nc(N)[nH]c(=O)c3[nH]2)c(O)c1. The Morgan fingerprint density at radius 2 is 2.10 bits per heavy atom. The molecule has 0 aliphatic rings. The van der Waals surface area contributed by atoms with Gasteiger partial charge in [-0.05, 0) is 12.1 Å². The third kappa shape index (κ3) is 1.83. The molecule has 0 atom stereocenters. The highest BCUT2D eigenvalue weighted by molar-refractivity contribution is 5.77. The summed E-state index contributed by atoms with van der Waals surface area (Å²) >= 11 is 0. The first-order valence-electron chi connectivity index (χ1n) is 5.71. The number of benzene rings is 1. The summed E-state index contributed by atoms with van der Waals surface area (Å²) in [5.74, 6) is 0.804. The molecule has 0 aliphatic heterocycles. The number of nitrogens with one attached hydrogen (secondary N) is 2. The molecule has 0 saturated heterocycles. The summed E-state index contributed by atoms with van der Waals surface area (Å²) in [5, 5.41) is 9.95. The third-order valence-electron chi connectivity index (χ3n) is 2.84. The van der Waals surface area contributed by atoms with Crippen LogP contribution in [-0.4, -0.2) is 32.2 Å². The highest BCUT2D eigenvalue weighted by Crippen LogP contribution is 2.31. The van der Waals surface area contributed by atoms with Gasteiger partial charge in [-0.2, -0.15) is 4.98 Å². The van der Waals surface area contributed by atoms with E-state index in [2.05, 4.69) is 19.9 Å². The molecule has 0 amide bonds. The Bertz CT molecular complexity index is 852. The molecule has 0 aliphatic carbocycles. The van der Waals surface area contributed by atoms with E-state index in [1.54, 1.807) is 12.1 Å². The van der Waals surface area contributed by atoms with Crippen LogP contribution >= 0.6 is 0 Å². The average Bonchev–Trinajstić information content (AvgIpc) is 2.82. The molecule has 0 spiro atoms. The lowest BCUT2D eigenvalue weighted by molar-refractivity contribution is 0.408. The average molecular weight is 273 g/mol. The van der Waals surface area contributed by atoms with E-state index < -0.39 is 5.56 Å². The molecule has 20 heavy (non-hydrogen) atoms. The molecule has 0 fully saturated rings. The van der Waals surface area contributed by atoms with Gasteiger partial charge in [0.25, 0.3) is 5.56 Å². The van der Waals surface area contributed by atoms with Crippen LogP contribution in [-0.2, 0) is 0 Å². The van der Waals surface area contributed by atoms with Crippen molar-refractivity contribution in [3.63, 3.8) is 0 Å². The molecule has 0 unspecified atom stereocenters. The van der Waals surface area contributed by atoms with Crippen LogP contribution in [0.3, 0.4) is 0 Å². The minimum absolute atomic E-state index is 0.0143. The predicted molar refractivity (Wildman–Crippen MR) is 72.6 cm³/mol. The Kier molecular flexibility index (Phi) is 2.56. The van der Waals surface area contributed by atoms with Gasteiger partial charge in [-0.25, -0.2) is 4.98 Å². The number of rotatable bonds is 2. The summed E-state index contributed by atoms with van der Waals surface area (Å²) in [7, 11) is 1.50. The summed E-state index contributed by atoms with van der Waals surface area (Å²) in [4.78, 5) is 25.0. The molecule has 5 N–H and O–H groups in total. The maximum absolute atomic E-state index is 11.7. The minimum Gasteiger partial charge on any atom is -0.507 e. The fourth-order valence-corrected chi connectivity index (χ4v) is 1.89. The van der Waals surface area contributed by atoms with E-state index in [9.17, 15) is 9.90 Å². The smallest absolute Gasteiger partial charge is 0.278 e. The van der Waals surface area contributed by atoms with Gasteiger partial charge in [-0.15, -0.1) is 0 Å². The van der Waals surface area contributed by atoms with Crippen LogP contribution in [0.1, 0.15) is 0 Å². The van der Waals surface area contributed by atoms with Crippen LogP contribution in [0.2, 0.25) is 0 Å². The van der Waals surface area contributed by atoms with Crippen LogP contribution in [0.5, 0.6) is 11.5 Å². The number of phenols is 1. The number of nitrogen functional groups attached to an aromatic ring is 1. The van der Waals surface area contributed by atoms with Gasteiger partial charge in [-0.3, -0.25) is 9.78 Å². The van der Waals surface area contributed by atoms with Crippen molar-refractivity contribution >= 4 is 17.1 Å². The van der Waals surface area contributed by atoms with Crippen molar-refractivity contribution in [1.29, 1.82) is 0 Å². The molecule has 3 rings (SSSR count). The molecular formula is C12H11N5O3. The molecule has 1 aromatic carbocycles. The normalized spacial score (nSPS) is 10.8. The first-order valence-corrected chi connectivity index (χ1v) is 5.71. The second-order valence-corrected chi connectivity index (χ2v) is 4.12. The zero-order chi connectivity index (χ0) is 14.3. The number of nitrogens with zero attached hydrogens (tertiary/aromatic N) is 2. The van der Waals surface area contributed by atoms with Gasteiger partial charge >= 0.3 is 0 Å². The van der Waals surface area contributed by atoms with Crippen molar-refractivity contribution < 1.29 is 9.84 Å². The molecule has 2 aromatic heterocycles. The van der Waals surface area contributed by atoms with Gasteiger partial charge in [0.2, 0.25) is 5.95 Å². The zero-order valence-electron chi connectivity index (χ0n) is 10.5. The summed E-state index contributed by atoms with van der Waals surface area (Å²) in [5.41, 5.74) is 5.86. The molecule has 0 radical (unpaired) electrons. The number of nitrogens with two attached hydrogens (primary N) is 1. The van der Waals surface area contributed by atoms with Gasteiger partial charge in [0, 0.05) is 6.07 Å². The number of aromatic hydroxyl groups is 1. The lowest BCUT2D eigenvalue weighted by atomic mass is 10.2.